The second-order valence-electron chi connectivity index (χ2n) is 3.31. The maximum Gasteiger partial charge on any atom is 0.147 e. The van der Waals surface area contributed by atoms with Crippen molar-refractivity contribution >= 4 is 33.3 Å². The summed E-state index contributed by atoms with van der Waals surface area (Å²) in [6.45, 7) is 4.62. The van der Waals surface area contributed by atoms with Gasteiger partial charge < -0.3 is 4.90 Å². The van der Waals surface area contributed by atoms with E-state index in [1.807, 2.05) is 19.2 Å². The first-order valence-electron chi connectivity index (χ1n) is 4.78. The summed E-state index contributed by atoms with van der Waals surface area (Å²) in [6.07, 6.45) is 5.75. The fraction of sp³-hybridized carbons (Fsp3) is 0.364. The van der Waals surface area contributed by atoms with Crippen molar-refractivity contribution in [2.45, 2.75) is 12.8 Å². The lowest BCUT2D eigenvalue weighted by molar-refractivity contribution is 0.792. The van der Waals surface area contributed by atoms with Crippen LogP contribution < -0.4 is 4.90 Å². The van der Waals surface area contributed by atoms with E-state index in [1.54, 1.807) is 6.20 Å². The molecule has 1 aromatic rings. The molecule has 0 saturated carbocycles. The molecular formula is C11H14BrClN2. The van der Waals surface area contributed by atoms with Crippen LogP contribution in [0.4, 0.5) is 5.82 Å². The van der Waals surface area contributed by atoms with Crippen LogP contribution in [0.5, 0.6) is 0 Å². The zero-order valence-electron chi connectivity index (χ0n) is 8.71. The number of allylic oxidation sites excluding steroid dienone is 1. The average molecular weight is 290 g/mol. The summed E-state index contributed by atoms with van der Waals surface area (Å²) in [5.74, 6) is 0.823. The van der Waals surface area contributed by atoms with Crippen molar-refractivity contribution in [1.29, 1.82) is 0 Å². The van der Waals surface area contributed by atoms with Crippen molar-refractivity contribution in [3.05, 3.63) is 34.4 Å². The van der Waals surface area contributed by atoms with Gasteiger partial charge in [0.25, 0.3) is 0 Å². The number of rotatable bonds is 5. The van der Waals surface area contributed by atoms with Crippen molar-refractivity contribution in [1.82, 2.24) is 4.98 Å². The largest absolute Gasteiger partial charge is 0.358 e. The highest BCUT2D eigenvalue weighted by atomic mass is 79.9. The van der Waals surface area contributed by atoms with Crippen LogP contribution >= 0.6 is 27.5 Å². The van der Waals surface area contributed by atoms with E-state index in [2.05, 4.69) is 32.4 Å². The van der Waals surface area contributed by atoms with Crippen molar-refractivity contribution in [3.8, 4) is 0 Å². The van der Waals surface area contributed by atoms with Crippen LogP contribution in [-0.2, 0) is 0 Å². The van der Waals surface area contributed by atoms with E-state index < -0.39 is 0 Å². The van der Waals surface area contributed by atoms with E-state index in [0.29, 0.717) is 5.02 Å². The highest BCUT2D eigenvalue weighted by Crippen LogP contribution is 2.25. The maximum absolute atomic E-state index is 6.08. The van der Waals surface area contributed by atoms with Crippen LogP contribution in [0.25, 0.3) is 0 Å². The molecule has 82 valence electrons. The first-order chi connectivity index (χ1) is 7.15. The third-order valence-electron chi connectivity index (χ3n) is 2.05. The molecule has 0 radical (unpaired) electrons. The van der Waals surface area contributed by atoms with Gasteiger partial charge in [0.2, 0.25) is 0 Å². The molecule has 15 heavy (non-hydrogen) atoms. The van der Waals surface area contributed by atoms with Crippen molar-refractivity contribution in [2.24, 2.45) is 0 Å². The number of aromatic nitrogens is 1. The molecule has 1 heterocycles. The van der Waals surface area contributed by atoms with E-state index in [-0.39, 0.29) is 0 Å². The van der Waals surface area contributed by atoms with Gasteiger partial charge in [0, 0.05) is 24.3 Å². The van der Waals surface area contributed by atoms with Crippen molar-refractivity contribution in [3.63, 3.8) is 0 Å². The monoisotopic (exact) mass is 288 g/mol. The van der Waals surface area contributed by atoms with Gasteiger partial charge in [0.1, 0.15) is 5.82 Å². The van der Waals surface area contributed by atoms with Gasteiger partial charge in [0.05, 0.1) is 5.02 Å². The Morgan fingerprint density at radius 3 is 3.00 bits per heavy atom. The quantitative estimate of drug-likeness (QED) is 0.604. The smallest absolute Gasteiger partial charge is 0.147 e. The normalized spacial score (nSPS) is 10.1. The molecule has 4 heteroatoms. The Bertz CT molecular complexity index is 341. The summed E-state index contributed by atoms with van der Waals surface area (Å²) >= 11 is 9.41. The predicted octanol–water partition coefficient (Wildman–Crippen LogP) is 3.90. The molecule has 0 aliphatic carbocycles. The molecule has 0 saturated heterocycles. The Hall–Kier alpha value is -0.540. The highest BCUT2D eigenvalue weighted by molar-refractivity contribution is 9.10. The number of pyridine rings is 1. The number of unbranched alkanes of at least 4 members (excludes halogenated alkanes) is 1. The molecule has 0 aliphatic rings. The lowest BCUT2D eigenvalue weighted by Crippen LogP contribution is -2.19. The minimum Gasteiger partial charge on any atom is -0.358 e. The van der Waals surface area contributed by atoms with Crippen LogP contribution in [0.2, 0.25) is 5.02 Å². The summed E-state index contributed by atoms with van der Waals surface area (Å²) in [5, 5.41) is 0.672. The van der Waals surface area contributed by atoms with E-state index in [1.165, 1.54) is 0 Å². The fourth-order valence-corrected chi connectivity index (χ4v) is 2.04. The van der Waals surface area contributed by atoms with Gasteiger partial charge in [-0.3, -0.25) is 0 Å². The molecule has 0 atom stereocenters. The van der Waals surface area contributed by atoms with E-state index in [9.17, 15) is 0 Å². The predicted molar refractivity (Wildman–Crippen MR) is 69.6 cm³/mol. The molecule has 1 rings (SSSR count). The third kappa shape index (κ3) is 3.84. The lowest BCUT2D eigenvalue weighted by atomic mass is 10.3. The molecule has 0 bridgehead atoms. The minimum atomic E-state index is 0.672. The zero-order valence-corrected chi connectivity index (χ0v) is 11.1. The summed E-state index contributed by atoms with van der Waals surface area (Å²) in [5.41, 5.74) is 0. The number of hydrogen-bond acceptors (Lipinski definition) is 2. The van der Waals surface area contributed by atoms with Crippen molar-refractivity contribution < 1.29 is 0 Å². The number of halogens is 2. The van der Waals surface area contributed by atoms with E-state index in [0.717, 1.165) is 29.7 Å². The molecule has 0 aliphatic heterocycles. The molecule has 0 aromatic carbocycles. The zero-order chi connectivity index (χ0) is 11.3. The molecule has 0 unspecified atom stereocenters. The van der Waals surface area contributed by atoms with Gasteiger partial charge >= 0.3 is 0 Å². The Morgan fingerprint density at radius 2 is 2.40 bits per heavy atom. The second-order valence-corrected chi connectivity index (χ2v) is 4.63. The standard InChI is InChI=1S/C11H14BrClN2/c1-3-4-5-6-15(2)11-10(13)7-9(12)8-14-11/h3,7-8H,1,4-6H2,2H3. The highest BCUT2D eigenvalue weighted by Gasteiger charge is 2.07. The first-order valence-corrected chi connectivity index (χ1v) is 5.95. The molecule has 0 N–H and O–H groups in total. The fourth-order valence-electron chi connectivity index (χ4n) is 1.27. The Balaban J connectivity index is 2.64. The van der Waals surface area contributed by atoms with Crippen LogP contribution in [0.15, 0.2) is 29.4 Å². The lowest BCUT2D eigenvalue weighted by Gasteiger charge is -2.18. The Kier molecular flexibility index (Phi) is 5.12. The van der Waals surface area contributed by atoms with Gasteiger partial charge in [-0.2, -0.15) is 0 Å². The van der Waals surface area contributed by atoms with E-state index in [4.69, 9.17) is 11.6 Å². The summed E-state index contributed by atoms with van der Waals surface area (Å²) in [7, 11) is 1.99. The van der Waals surface area contributed by atoms with Gasteiger partial charge in [-0.15, -0.1) is 6.58 Å². The Morgan fingerprint density at radius 1 is 1.67 bits per heavy atom. The summed E-state index contributed by atoms with van der Waals surface area (Å²) in [4.78, 5) is 6.33. The molecule has 0 spiro atoms. The minimum absolute atomic E-state index is 0.672. The second kappa shape index (κ2) is 6.13. The number of nitrogens with zero attached hydrogens (tertiary/aromatic N) is 2. The average Bonchev–Trinajstić information content (AvgIpc) is 2.17. The van der Waals surface area contributed by atoms with Crippen molar-refractivity contribution in [2.75, 3.05) is 18.5 Å². The summed E-state index contributed by atoms with van der Waals surface area (Å²) < 4.78 is 0.899. The van der Waals surface area contributed by atoms with Gasteiger partial charge in [-0.25, -0.2) is 4.98 Å². The molecule has 0 fully saturated rings. The molecular weight excluding hydrogens is 275 g/mol. The Labute approximate surface area is 104 Å². The first kappa shape index (κ1) is 12.5. The van der Waals surface area contributed by atoms with Gasteiger partial charge in [-0.05, 0) is 34.8 Å². The van der Waals surface area contributed by atoms with Crippen LogP contribution in [-0.4, -0.2) is 18.6 Å². The number of hydrogen-bond donors (Lipinski definition) is 0. The van der Waals surface area contributed by atoms with Gasteiger partial charge in [-0.1, -0.05) is 17.7 Å². The van der Waals surface area contributed by atoms with Crippen LogP contribution in [0, 0.1) is 0 Å². The topological polar surface area (TPSA) is 16.1 Å². The molecule has 0 amide bonds. The third-order valence-corrected chi connectivity index (χ3v) is 2.76. The van der Waals surface area contributed by atoms with Gasteiger partial charge in [0.15, 0.2) is 0 Å². The molecule has 1 aromatic heterocycles. The summed E-state index contributed by atoms with van der Waals surface area (Å²) in [6, 6.07) is 1.86. The van der Waals surface area contributed by atoms with Crippen LogP contribution in [0.1, 0.15) is 12.8 Å². The number of anilines is 1. The SMILES string of the molecule is C=CCCCN(C)c1ncc(Br)cc1Cl. The van der Waals surface area contributed by atoms with Crippen LogP contribution in [0.3, 0.4) is 0 Å². The van der Waals surface area contributed by atoms with E-state index >= 15 is 0 Å². The maximum atomic E-state index is 6.08. The molecule has 2 nitrogen and oxygen atoms in total.